The number of rotatable bonds is 5. The predicted molar refractivity (Wildman–Crippen MR) is 63.8 cm³/mol. The summed E-state index contributed by atoms with van der Waals surface area (Å²) in [5.41, 5.74) is 5.07. The Balaban J connectivity index is 2.30. The second-order valence-corrected chi connectivity index (χ2v) is 5.32. The molecule has 15 heavy (non-hydrogen) atoms. The van der Waals surface area contributed by atoms with Gasteiger partial charge in [-0.15, -0.1) is 0 Å². The SMILES string of the molecule is CC1(C)OB(CCCCCN)OC1(C)C. The minimum absolute atomic E-state index is 0.0345. The Morgan fingerprint density at radius 2 is 1.47 bits per heavy atom. The van der Waals surface area contributed by atoms with Crippen LogP contribution in [0.4, 0.5) is 0 Å². The summed E-state index contributed by atoms with van der Waals surface area (Å²) >= 11 is 0. The molecule has 0 amide bonds. The zero-order chi connectivity index (χ0) is 11.5. The average molecular weight is 213 g/mol. The van der Waals surface area contributed by atoms with Gasteiger partial charge in [0.05, 0.1) is 11.2 Å². The minimum atomic E-state index is -0.189. The maximum atomic E-state index is 5.89. The normalized spacial score (nSPS) is 23.4. The summed E-state index contributed by atoms with van der Waals surface area (Å²) in [6.07, 6.45) is 4.38. The fourth-order valence-electron chi connectivity index (χ4n) is 1.72. The van der Waals surface area contributed by atoms with Crippen molar-refractivity contribution in [2.24, 2.45) is 5.73 Å². The Hall–Kier alpha value is -0.0551. The largest absolute Gasteiger partial charge is 0.457 e. The quantitative estimate of drug-likeness (QED) is 0.562. The molecule has 1 fully saturated rings. The van der Waals surface area contributed by atoms with Gasteiger partial charge in [-0.05, 0) is 47.0 Å². The second-order valence-electron chi connectivity index (χ2n) is 5.32. The van der Waals surface area contributed by atoms with Crippen molar-refractivity contribution in [3.8, 4) is 0 Å². The van der Waals surface area contributed by atoms with Crippen LogP contribution in [0.5, 0.6) is 0 Å². The highest BCUT2D eigenvalue weighted by Gasteiger charge is 2.50. The highest BCUT2D eigenvalue weighted by Crippen LogP contribution is 2.38. The van der Waals surface area contributed by atoms with Crippen LogP contribution in [0, 0.1) is 0 Å². The molecule has 1 rings (SSSR count). The Morgan fingerprint density at radius 3 is 1.93 bits per heavy atom. The van der Waals surface area contributed by atoms with E-state index in [2.05, 4.69) is 27.7 Å². The van der Waals surface area contributed by atoms with Gasteiger partial charge in [0.15, 0.2) is 0 Å². The third-order valence-corrected chi connectivity index (χ3v) is 3.45. The van der Waals surface area contributed by atoms with Crippen LogP contribution in [-0.2, 0) is 9.31 Å². The van der Waals surface area contributed by atoms with Crippen LogP contribution in [0.15, 0.2) is 0 Å². The molecule has 0 aliphatic carbocycles. The first-order chi connectivity index (χ1) is 6.89. The van der Waals surface area contributed by atoms with Gasteiger partial charge in [0.25, 0.3) is 0 Å². The van der Waals surface area contributed by atoms with E-state index in [1.165, 1.54) is 6.42 Å². The van der Waals surface area contributed by atoms with E-state index >= 15 is 0 Å². The number of nitrogens with two attached hydrogens (primary N) is 1. The van der Waals surface area contributed by atoms with Gasteiger partial charge in [-0.3, -0.25) is 0 Å². The molecule has 0 atom stereocenters. The predicted octanol–water partition coefficient (Wildman–Crippen LogP) is 2.21. The van der Waals surface area contributed by atoms with E-state index in [1.807, 2.05) is 0 Å². The summed E-state index contributed by atoms with van der Waals surface area (Å²) in [5.74, 6) is 0. The molecule has 1 heterocycles. The van der Waals surface area contributed by atoms with Crippen LogP contribution >= 0.6 is 0 Å². The minimum Gasteiger partial charge on any atom is -0.403 e. The maximum absolute atomic E-state index is 5.89. The Kier molecular flexibility index (Phi) is 4.21. The second kappa shape index (κ2) is 4.85. The molecule has 0 unspecified atom stereocenters. The monoisotopic (exact) mass is 213 g/mol. The van der Waals surface area contributed by atoms with Gasteiger partial charge < -0.3 is 15.0 Å². The van der Waals surface area contributed by atoms with E-state index < -0.39 is 0 Å². The van der Waals surface area contributed by atoms with Crippen molar-refractivity contribution in [2.45, 2.75) is 64.5 Å². The molecule has 1 aliphatic rings. The van der Waals surface area contributed by atoms with E-state index in [0.717, 1.165) is 25.7 Å². The number of hydrogen-bond donors (Lipinski definition) is 1. The molecule has 0 spiro atoms. The number of hydrogen-bond acceptors (Lipinski definition) is 3. The molecule has 0 aromatic carbocycles. The van der Waals surface area contributed by atoms with E-state index in [1.54, 1.807) is 0 Å². The summed E-state index contributed by atoms with van der Waals surface area (Å²) < 4.78 is 11.8. The van der Waals surface area contributed by atoms with Crippen molar-refractivity contribution in [1.29, 1.82) is 0 Å². The fourth-order valence-corrected chi connectivity index (χ4v) is 1.72. The molecule has 3 nitrogen and oxygen atoms in total. The molecule has 88 valence electrons. The molecular formula is C11H24BNO2. The Morgan fingerprint density at radius 1 is 0.933 bits per heavy atom. The van der Waals surface area contributed by atoms with Gasteiger partial charge in [-0.25, -0.2) is 0 Å². The lowest BCUT2D eigenvalue weighted by Gasteiger charge is -2.32. The molecule has 2 N–H and O–H groups in total. The zero-order valence-electron chi connectivity index (χ0n) is 10.5. The molecular weight excluding hydrogens is 189 g/mol. The molecule has 1 saturated heterocycles. The summed E-state index contributed by atoms with van der Waals surface area (Å²) in [7, 11) is -0.0345. The standard InChI is InChI=1S/C11H24BNO2/c1-10(2)11(3,4)15-12(14-10)8-6-5-7-9-13/h5-9,13H2,1-4H3. The van der Waals surface area contributed by atoms with E-state index in [0.29, 0.717) is 0 Å². The smallest absolute Gasteiger partial charge is 0.403 e. The van der Waals surface area contributed by atoms with E-state index in [-0.39, 0.29) is 18.3 Å². The first-order valence-corrected chi connectivity index (χ1v) is 5.95. The molecule has 0 saturated carbocycles. The summed E-state index contributed by atoms with van der Waals surface area (Å²) in [4.78, 5) is 0. The van der Waals surface area contributed by atoms with E-state index in [9.17, 15) is 0 Å². The lowest BCUT2D eigenvalue weighted by Crippen LogP contribution is -2.41. The van der Waals surface area contributed by atoms with Crippen LogP contribution in [-0.4, -0.2) is 24.9 Å². The van der Waals surface area contributed by atoms with Crippen molar-refractivity contribution >= 4 is 7.12 Å². The van der Waals surface area contributed by atoms with Crippen LogP contribution in [0.2, 0.25) is 6.32 Å². The molecule has 4 heteroatoms. The molecule has 0 aromatic heterocycles. The Labute approximate surface area is 93.8 Å². The van der Waals surface area contributed by atoms with Crippen LogP contribution < -0.4 is 5.73 Å². The van der Waals surface area contributed by atoms with Crippen LogP contribution in [0.3, 0.4) is 0 Å². The molecule has 0 bridgehead atoms. The van der Waals surface area contributed by atoms with Crippen molar-refractivity contribution < 1.29 is 9.31 Å². The topological polar surface area (TPSA) is 44.5 Å². The van der Waals surface area contributed by atoms with Crippen molar-refractivity contribution in [1.82, 2.24) is 0 Å². The Bertz CT molecular complexity index is 191. The third-order valence-electron chi connectivity index (χ3n) is 3.45. The summed E-state index contributed by atoms with van der Waals surface area (Å²) in [6, 6.07) is 0. The zero-order valence-corrected chi connectivity index (χ0v) is 10.5. The molecule has 0 aromatic rings. The summed E-state index contributed by atoms with van der Waals surface area (Å²) in [5, 5.41) is 0. The van der Waals surface area contributed by atoms with Crippen LogP contribution in [0.1, 0.15) is 47.0 Å². The van der Waals surface area contributed by atoms with E-state index in [4.69, 9.17) is 15.0 Å². The number of unbranched alkanes of at least 4 members (excludes halogenated alkanes) is 2. The molecule has 1 aliphatic heterocycles. The third kappa shape index (κ3) is 3.20. The highest BCUT2D eigenvalue weighted by atomic mass is 16.7. The highest BCUT2D eigenvalue weighted by molar-refractivity contribution is 6.45. The lowest BCUT2D eigenvalue weighted by atomic mass is 9.82. The van der Waals surface area contributed by atoms with Gasteiger partial charge in [0.1, 0.15) is 0 Å². The maximum Gasteiger partial charge on any atom is 0.457 e. The van der Waals surface area contributed by atoms with Gasteiger partial charge >= 0.3 is 7.12 Å². The van der Waals surface area contributed by atoms with Gasteiger partial charge in [-0.2, -0.15) is 0 Å². The first-order valence-electron chi connectivity index (χ1n) is 5.95. The van der Waals surface area contributed by atoms with Gasteiger partial charge in [0.2, 0.25) is 0 Å². The average Bonchev–Trinajstić information content (AvgIpc) is 2.30. The fraction of sp³-hybridized carbons (Fsp3) is 1.00. The van der Waals surface area contributed by atoms with Crippen molar-refractivity contribution in [3.05, 3.63) is 0 Å². The first kappa shape index (κ1) is 13.0. The van der Waals surface area contributed by atoms with Gasteiger partial charge in [0, 0.05) is 0 Å². The lowest BCUT2D eigenvalue weighted by molar-refractivity contribution is 0.00578. The summed E-state index contributed by atoms with van der Waals surface area (Å²) in [6.45, 7) is 9.14. The molecule has 0 radical (unpaired) electrons. The van der Waals surface area contributed by atoms with Crippen LogP contribution in [0.25, 0.3) is 0 Å². The van der Waals surface area contributed by atoms with Gasteiger partial charge in [-0.1, -0.05) is 12.8 Å². The van der Waals surface area contributed by atoms with Crippen molar-refractivity contribution in [3.63, 3.8) is 0 Å². The van der Waals surface area contributed by atoms with Crippen molar-refractivity contribution in [2.75, 3.05) is 6.54 Å².